The van der Waals surface area contributed by atoms with E-state index in [1.807, 2.05) is 18.3 Å². The van der Waals surface area contributed by atoms with Crippen LogP contribution in [0.4, 0.5) is 0 Å². The Balaban J connectivity index is 2.44. The predicted molar refractivity (Wildman–Crippen MR) is 66.9 cm³/mol. The third-order valence-electron chi connectivity index (χ3n) is 2.19. The van der Waals surface area contributed by atoms with Crippen molar-refractivity contribution in [3.8, 4) is 23.6 Å². The minimum atomic E-state index is 0.491. The second kappa shape index (κ2) is 4.95. The van der Waals surface area contributed by atoms with E-state index in [1.165, 1.54) is 0 Å². The first-order valence-corrected chi connectivity index (χ1v) is 5.93. The van der Waals surface area contributed by atoms with Crippen LogP contribution < -0.4 is 0 Å². The van der Waals surface area contributed by atoms with Crippen molar-refractivity contribution in [2.24, 2.45) is 0 Å². The predicted octanol–water partition coefficient (Wildman–Crippen LogP) is 2.47. The summed E-state index contributed by atoms with van der Waals surface area (Å²) >= 11 is 3.45. The van der Waals surface area contributed by atoms with Crippen molar-refractivity contribution in [2.75, 3.05) is 0 Å². The van der Waals surface area contributed by atoms with E-state index < -0.39 is 0 Å². The molecule has 0 aromatic carbocycles. The number of hydrogen-bond acceptors (Lipinski definition) is 2. The van der Waals surface area contributed by atoms with E-state index in [0.717, 1.165) is 22.2 Å². The lowest BCUT2D eigenvalue weighted by Gasteiger charge is -1.97. The highest BCUT2D eigenvalue weighted by Crippen LogP contribution is 2.23. The van der Waals surface area contributed by atoms with E-state index in [4.69, 9.17) is 6.42 Å². The molecule has 0 spiro atoms. The van der Waals surface area contributed by atoms with Crippen molar-refractivity contribution in [3.63, 3.8) is 0 Å². The summed E-state index contributed by atoms with van der Waals surface area (Å²) in [7, 11) is 0. The molecule has 0 bridgehead atoms. The molecule has 4 heteroatoms. The number of halogens is 1. The molecule has 0 radical (unpaired) electrons. The molecule has 0 aliphatic heterocycles. The summed E-state index contributed by atoms with van der Waals surface area (Å²) in [6.07, 6.45) is 10.7. The molecule has 80 valence electrons. The SMILES string of the molecule is C#CCn1cc(CBr)c(-c2ccncc2)n1. The zero-order chi connectivity index (χ0) is 11.4. The van der Waals surface area contributed by atoms with Gasteiger partial charge in [-0.15, -0.1) is 6.42 Å². The fourth-order valence-corrected chi connectivity index (χ4v) is 1.90. The van der Waals surface area contributed by atoms with Crippen molar-refractivity contribution < 1.29 is 0 Å². The molecule has 0 N–H and O–H groups in total. The van der Waals surface area contributed by atoms with Gasteiger partial charge in [0, 0.05) is 35.0 Å². The number of nitrogens with zero attached hydrogens (tertiary/aromatic N) is 3. The van der Waals surface area contributed by atoms with Crippen molar-refractivity contribution in [1.82, 2.24) is 14.8 Å². The highest BCUT2D eigenvalue weighted by molar-refractivity contribution is 9.08. The molecule has 0 saturated carbocycles. The Hall–Kier alpha value is -1.60. The molecule has 2 rings (SSSR count). The second-order valence-electron chi connectivity index (χ2n) is 3.27. The van der Waals surface area contributed by atoms with E-state index in [-0.39, 0.29) is 0 Å². The number of terminal acetylenes is 1. The van der Waals surface area contributed by atoms with Crippen LogP contribution in [0.2, 0.25) is 0 Å². The molecule has 0 atom stereocenters. The fraction of sp³-hybridized carbons (Fsp3) is 0.167. The van der Waals surface area contributed by atoms with Crippen LogP contribution in [0.25, 0.3) is 11.3 Å². The van der Waals surface area contributed by atoms with Gasteiger partial charge in [-0.2, -0.15) is 5.10 Å². The maximum absolute atomic E-state index is 5.27. The maximum atomic E-state index is 5.27. The molecular weight excluding hydrogens is 266 g/mol. The first kappa shape index (κ1) is 10.9. The van der Waals surface area contributed by atoms with Crippen LogP contribution in [-0.2, 0) is 11.9 Å². The van der Waals surface area contributed by atoms with E-state index >= 15 is 0 Å². The first-order chi connectivity index (χ1) is 7.85. The van der Waals surface area contributed by atoms with Gasteiger partial charge in [-0.3, -0.25) is 9.67 Å². The standard InChI is InChI=1S/C12H10BrN3/c1-2-7-16-9-11(8-13)12(15-16)10-3-5-14-6-4-10/h1,3-6,9H,7-8H2. The van der Waals surface area contributed by atoms with E-state index in [1.54, 1.807) is 17.1 Å². The summed E-state index contributed by atoms with van der Waals surface area (Å²) < 4.78 is 1.77. The topological polar surface area (TPSA) is 30.7 Å². The van der Waals surface area contributed by atoms with Gasteiger partial charge in [-0.1, -0.05) is 21.9 Å². The molecule has 0 unspecified atom stereocenters. The molecule has 2 aromatic heterocycles. The number of alkyl halides is 1. The largest absolute Gasteiger partial charge is 0.265 e. The van der Waals surface area contributed by atoms with Gasteiger partial charge in [-0.25, -0.2) is 0 Å². The monoisotopic (exact) mass is 275 g/mol. The van der Waals surface area contributed by atoms with Gasteiger partial charge in [0.15, 0.2) is 0 Å². The molecule has 0 aliphatic carbocycles. The quantitative estimate of drug-likeness (QED) is 0.637. The summed E-state index contributed by atoms with van der Waals surface area (Å²) in [5.41, 5.74) is 3.14. The molecule has 0 aliphatic rings. The third-order valence-corrected chi connectivity index (χ3v) is 2.79. The smallest absolute Gasteiger partial charge is 0.101 e. The lowest BCUT2D eigenvalue weighted by Crippen LogP contribution is -1.95. The molecule has 0 fully saturated rings. The average Bonchev–Trinajstić information content (AvgIpc) is 2.74. The molecule has 2 heterocycles. The van der Waals surface area contributed by atoms with Crippen molar-refractivity contribution in [3.05, 3.63) is 36.3 Å². The van der Waals surface area contributed by atoms with Crippen molar-refractivity contribution in [1.29, 1.82) is 0 Å². The van der Waals surface area contributed by atoms with Gasteiger partial charge in [0.25, 0.3) is 0 Å². The molecule has 0 amide bonds. The Labute approximate surface area is 103 Å². The fourth-order valence-electron chi connectivity index (χ4n) is 1.49. The summed E-state index contributed by atoms with van der Waals surface area (Å²) in [6.45, 7) is 0.491. The Morgan fingerprint density at radius 2 is 2.12 bits per heavy atom. The normalized spacial score (nSPS) is 10.0. The number of hydrogen-bond donors (Lipinski definition) is 0. The summed E-state index contributed by atoms with van der Waals surface area (Å²) in [4.78, 5) is 3.99. The van der Waals surface area contributed by atoms with Gasteiger partial charge < -0.3 is 0 Å². The third kappa shape index (κ3) is 2.15. The van der Waals surface area contributed by atoms with E-state index in [9.17, 15) is 0 Å². The Bertz CT molecular complexity index is 511. The zero-order valence-corrected chi connectivity index (χ0v) is 10.2. The highest BCUT2D eigenvalue weighted by atomic mass is 79.9. The van der Waals surface area contributed by atoms with Crippen LogP contribution in [0, 0.1) is 12.3 Å². The van der Waals surface area contributed by atoms with Crippen LogP contribution in [0.1, 0.15) is 5.56 Å². The van der Waals surface area contributed by atoms with Gasteiger partial charge in [0.1, 0.15) is 6.54 Å². The van der Waals surface area contributed by atoms with Crippen LogP contribution >= 0.6 is 15.9 Å². The molecular formula is C12H10BrN3. The molecule has 3 nitrogen and oxygen atoms in total. The number of aromatic nitrogens is 3. The Morgan fingerprint density at radius 3 is 2.75 bits per heavy atom. The lowest BCUT2D eigenvalue weighted by molar-refractivity contribution is 0.718. The van der Waals surface area contributed by atoms with Gasteiger partial charge >= 0.3 is 0 Å². The van der Waals surface area contributed by atoms with Gasteiger partial charge in [0.2, 0.25) is 0 Å². The van der Waals surface area contributed by atoms with Crippen molar-refractivity contribution >= 4 is 15.9 Å². The summed E-state index contributed by atoms with van der Waals surface area (Å²) in [5, 5.41) is 5.22. The molecule has 0 saturated heterocycles. The van der Waals surface area contributed by atoms with Crippen LogP contribution in [-0.4, -0.2) is 14.8 Å². The molecule has 16 heavy (non-hydrogen) atoms. The lowest BCUT2D eigenvalue weighted by atomic mass is 10.1. The first-order valence-electron chi connectivity index (χ1n) is 4.81. The zero-order valence-electron chi connectivity index (χ0n) is 8.60. The van der Waals surface area contributed by atoms with E-state index in [2.05, 4.69) is 31.9 Å². The number of rotatable bonds is 3. The van der Waals surface area contributed by atoms with Crippen LogP contribution in [0.5, 0.6) is 0 Å². The highest BCUT2D eigenvalue weighted by Gasteiger charge is 2.09. The summed E-state index contributed by atoms with van der Waals surface area (Å²) in [5.74, 6) is 2.57. The van der Waals surface area contributed by atoms with Gasteiger partial charge in [0.05, 0.1) is 5.69 Å². The number of pyridine rings is 1. The molecule has 2 aromatic rings. The van der Waals surface area contributed by atoms with E-state index in [0.29, 0.717) is 6.54 Å². The van der Waals surface area contributed by atoms with Crippen LogP contribution in [0.3, 0.4) is 0 Å². The summed E-state index contributed by atoms with van der Waals surface area (Å²) in [6, 6.07) is 3.88. The van der Waals surface area contributed by atoms with Crippen LogP contribution in [0.15, 0.2) is 30.7 Å². The van der Waals surface area contributed by atoms with Gasteiger partial charge in [-0.05, 0) is 12.1 Å². The second-order valence-corrected chi connectivity index (χ2v) is 3.83. The Morgan fingerprint density at radius 1 is 1.38 bits per heavy atom. The minimum absolute atomic E-state index is 0.491. The minimum Gasteiger partial charge on any atom is -0.265 e. The van der Waals surface area contributed by atoms with Crippen molar-refractivity contribution in [2.45, 2.75) is 11.9 Å². The Kier molecular flexibility index (Phi) is 3.37. The average molecular weight is 276 g/mol. The maximum Gasteiger partial charge on any atom is 0.101 e.